The molecule has 0 bridgehead atoms. The molecular formula is C24H19F3N6O2. The van der Waals surface area contributed by atoms with Gasteiger partial charge in [-0.1, -0.05) is 6.07 Å². The van der Waals surface area contributed by atoms with E-state index in [9.17, 15) is 23.1 Å². The molecule has 2 N–H and O–H groups in total. The number of anilines is 2. The zero-order chi connectivity index (χ0) is 24.7. The van der Waals surface area contributed by atoms with Gasteiger partial charge in [-0.15, -0.1) is 0 Å². The van der Waals surface area contributed by atoms with Crippen LogP contribution < -0.4 is 5.32 Å². The number of carbonyl (C=O) groups is 1. The number of pyridine rings is 1. The van der Waals surface area contributed by atoms with Gasteiger partial charge < -0.3 is 10.4 Å². The monoisotopic (exact) mass is 480 g/mol. The van der Waals surface area contributed by atoms with Crippen LogP contribution in [0.5, 0.6) is 0 Å². The van der Waals surface area contributed by atoms with Gasteiger partial charge in [0, 0.05) is 41.1 Å². The van der Waals surface area contributed by atoms with Crippen molar-refractivity contribution >= 4 is 17.6 Å². The Morgan fingerprint density at radius 2 is 1.89 bits per heavy atom. The fraction of sp³-hybridized carbons (Fsp3) is 0.208. The van der Waals surface area contributed by atoms with Crippen molar-refractivity contribution < 1.29 is 23.1 Å². The summed E-state index contributed by atoms with van der Waals surface area (Å²) in [5.41, 5.74) is 2.95. The van der Waals surface area contributed by atoms with Gasteiger partial charge in [0.15, 0.2) is 11.5 Å². The Morgan fingerprint density at radius 1 is 1.09 bits per heavy atom. The lowest BCUT2D eigenvalue weighted by atomic mass is 10.1. The number of aryl methyl sites for hydroxylation is 3. The number of aromatic carboxylic acids is 1. The maximum absolute atomic E-state index is 13.3. The molecule has 3 aromatic heterocycles. The number of halogens is 3. The zero-order valence-electron chi connectivity index (χ0n) is 18.5. The summed E-state index contributed by atoms with van der Waals surface area (Å²) in [5, 5.41) is 16.2. The second-order valence-electron chi connectivity index (χ2n) is 8.24. The van der Waals surface area contributed by atoms with E-state index in [4.69, 9.17) is 0 Å². The Hall–Kier alpha value is -4.28. The maximum Gasteiger partial charge on any atom is 0.435 e. The summed E-state index contributed by atoms with van der Waals surface area (Å²) in [6.45, 7) is 1.48. The zero-order valence-corrected chi connectivity index (χ0v) is 18.5. The van der Waals surface area contributed by atoms with Crippen molar-refractivity contribution in [1.82, 2.24) is 24.7 Å². The Kier molecular flexibility index (Phi) is 5.46. The van der Waals surface area contributed by atoms with Gasteiger partial charge in [0.05, 0.1) is 5.56 Å². The predicted octanol–water partition coefficient (Wildman–Crippen LogP) is 4.98. The van der Waals surface area contributed by atoms with E-state index in [-0.39, 0.29) is 28.6 Å². The highest BCUT2D eigenvalue weighted by Crippen LogP contribution is 2.32. The summed E-state index contributed by atoms with van der Waals surface area (Å²) in [5.74, 6) is -0.972. The third-order valence-electron chi connectivity index (χ3n) is 5.80. The summed E-state index contributed by atoms with van der Waals surface area (Å²) >= 11 is 0. The van der Waals surface area contributed by atoms with Gasteiger partial charge in [0.2, 0.25) is 5.95 Å². The van der Waals surface area contributed by atoms with E-state index in [2.05, 4.69) is 25.4 Å². The van der Waals surface area contributed by atoms with E-state index < -0.39 is 17.8 Å². The molecule has 4 aromatic rings. The molecular weight excluding hydrogens is 461 g/mol. The fourth-order valence-electron chi connectivity index (χ4n) is 4.11. The van der Waals surface area contributed by atoms with Crippen molar-refractivity contribution in [3.05, 3.63) is 77.0 Å². The molecule has 178 valence electrons. The summed E-state index contributed by atoms with van der Waals surface area (Å²) < 4.78 is 41.1. The first-order valence-electron chi connectivity index (χ1n) is 10.8. The second-order valence-corrected chi connectivity index (χ2v) is 8.24. The quantitative estimate of drug-likeness (QED) is 0.415. The number of hydrogen-bond donors (Lipinski definition) is 2. The number of alkyl halides is 3. The number of aromatic nitrogens is 5. The average molecular weight is 480 g/mol. The molecule has 1 aromatic carbocycles. The van der Waals surface area contributed by atoms with Crippen LogP contribution >= 0.6 is 0 Å². The Bertz CT molecular complexity index is 1450. The molecule has 0 unspecified atom stereocenters. The van der Waals surface area contributed by atoms with Gasteiger partial charge in [-0.2, -0.15) is 23.3 Å². The van der Waals surface area contributed by atoms with Gasteiger partial charge in [0.25, 0.3) is 0 Å². The molecule has 5 rings (SSSR count). The minimum atomic E-state index is -4.64. The highest BCUT2D eigenvalue weighted by Gasteiger charge is 2.35. The Balaban J connectivity index is 1.62. The molecule has 8 nitrogen and oxygen atoms in total. The highest BCUT2D eigenvalue weighted by molar-refractivity contribution is 5.89. The van der Waals surface area contributed by atoms with E-state index >= 15 is 0 Å². The summed E-state index contributed by atoms with van der Waals surface area (Å²) in [6.07, 6.45) is 2.46. The maximum atomic E-state index is 13.3. The first-order chi connectivity index (χ1) is 16.7. The van der Waals surface area contributed by atoms with Gasteiger partial charge in [-0.25, -0.2) is 14.5 Å². The lowest BCUT2D eigenvalue weighted by Gasteiger charge is -2.13. The molecule has 1 aliphatic rings. The summed E-state index contributed by atoms with van der Waals surface area (Å²) in [4.78, 5) is 24.2. The van der Waals surface area contributed by atoms with Crippen LogP contribution in [0.15, 0.2) is 48.9 Å². The number of rotatable bonds is 5. The Labute approximate surface area is 197 Å². The lowest BCUT2D eigenvalue weighted by molar-refractivity contribution is -0.141. The second kappa shape index (κ2) is 8.49. The predicted molar refractivity (Wildman–Crippen MR) is 121 cm³/mol. The van der Waals surface area contributed by atoms with Gasteiger partial charge in [-0.05, 0) is 61.6 Å². The molecule has 0 atom stereocenters. The first-order valence-corrected chi connectivity index (χ1v) is 10.8. The first kappa shape index (κ1) is 22.5. The number of carboxylic acid groups (broad SMARTS) is 1. The third kappa shape index (κ3) is 4.44. The minimum absolute atomic E-state index is 0.0565. The number of benzene rings is 1. The normalized spacial score (nSPS) is 13.0. The van der Waals surface area contributed by atoms with Gasteiger partial charge >= 0.3 is 12.1 Å². The van der Waals surface area contributed by atoms with Gasteiger partial charge in [-0.3, -0.25) is 4.98 Å². The SMILES string of the molecule is Cc1cc(C(F)(F)F)nn1-c1nc(Nc2ccc3c(c2)CCC3)ncc1-c1cncc(C(=O)O)c1. The number of nitrogens with one attached hydrogen (secondary N) is 1. The largest absolute Gasteiger partial charge is 0.478 e. The molecule has 11 heteroatoms. The van der Waals surface area contributed by atoms with Crippen molar-refractivity contribution in [3.63, 3.8) is 0 Å². The van der Waals surface area contributed by atoms with E-state index in [1.807, 2.05) is 18.2 Å². The number of hydrogen-bond acceptors (Lipinski definition) is 6. The Morgan fingerprint density at radius 3 is 2.63 bits per heavy atom. The van der Waals surface area contributed by atoms with E-state index in [1.54, 1.807) is 0 Å². The van der Waals surface area contributed by atoms with Crippen LogP contribution in [0.3, 0.4) is 0 Å². The molecule has 1 aliphatic carbocycles. The van der Waals surface area contributed by atoms with Gasteiger partial charge in [0.1, 0.15) is 0 Å². The van der Waals surface area contributed by atoms with Crippen LogP contribution in [0, 0.1) is 6.92 Å². The number of carboxylic acids is 1. The van der Waals surface area contributed by atoms with E-state index in [0.29, 0.717) is 5.56 Å². The van der Waals surface area contributed by atoms with Crippen molar-refractivity contribution in [3.8, 4) is 16.9 Å². The van der Waals surface area contributed by atoms with E-state index in [1.165, 1.54) is 42.7 Å². The number of nitrogens with zero attached hydrogens (tertiary/aromatic N) is 5. The fourth-order valence-corrected chi connectivity index (χ4v) is 4.11. The smallest absolute Gasteiger partial charge is 0.435 e. The molecule has 0 radical (unpaired) electrons. The van der Waals surface area contributed by atoms with Crippen molar-refractivity contribution in [1.29, 1.82) is 0 Å². The van der Waals surface area contributed by atoms with Crippen molar-refractivity contribution in [2.75, 3.05) is 5.32 Å². The van der Waals surface area contributed by atoms with Crippen molar-refractivity contribution in [2.24, 2.45) is 0 Å². The van der Waals surface area contributed by atoms with Crippen LogP contribution in [0.25, 0.3) is 16.9 Å². The average Bonchev–Trinajstić information content (AvgIpc) is 3.45. The standard InChI is InChI=1S/C24H19F3N6O2/c1-13-7-20(24(25,26)27)32-33(13)21-19(16-8-17(22(34)35)11-28-10-16)12-29-23(31-21)30-18-6-5-14-3-2-4-15(14)9-18/h5-12H,2-4H2,1H3,(H,34,35)(H,29,30,31). The molecule has 3 heterocycles. The summed E-state index contributed by atoms with van der Waals surface area (Å²) in [6, 6.07) is 8.24. The molecule has 0 saturated heterocycles. The van der Waals surface area contributed by atoms with E-state index in [0.717, 1.165) is 35.7 Å². The van der Waals surface area contributed by atoms with Crippen LogP contribution in [0.1, 0.15) is 39.3 Å². The molecule has 0 amide bonds. The van der Waals surface area contributed by atoms with Crippen LogP contribution in [0.2, 0.25) is 0 Å². The van der Waals surface area contributed by atoms with Crippen LogP contribution in [0.4, 0.5) is 24.8 Å². The molecule has 0 aliphatic heterocycles. The summed E-state index contributed by atoms with van der Waals surface area (Å²) in [7, 11) is 0. The minimum Gasteiger partial charge on any atom is -0.478 e. The molecule has 35 heavy (non-hydrogen) atoms. The van der Waals surface area contributed by atoms with Crippen molar-refractivity contribution in [2.45, 2.75) is 32.4 Å². The number of fused-ring (bicyclic) bond motifs is 1. The molecule has 0 saturated carbocycles. The molecule has 0 fully saturated rings. The highest BCUT2D eigenvalue weighted by atomic mass is 19.4. The topological polar surface area (TPSA) is 106 Å². The third-order valence-corrected chi connectivity index (χ3v) is 5.80. The van der Waals surface area contributed by atoms with Crippen LogP contribution in [-0.4, -0.2) is 35.8 Å². The van der Waals surface area contributed by atoms with Crippen LogP contribution in [-0.2, 0) is 19.0 Å². The lowest BCUT2D eigenvalue weighted by Crippen LogP contribution is -2.11. The molecule has 0 spiro atoms.